The van der Waals surface area contributed by atoms with E-state index in [1.165, 1.54) is 12.1 Å². The van der Waals surface area contributed by atoms with Gasteiger partial charge in [-0.1, -0.05) is 42.5 Å². The van der Waals surface area contributed by atoms with Gasteiger partial charge in [-0.3, -0.25) is 0 Å². The third-order valence-corrected chi connectivity index (χ3v) is 6.28. The summed E-state index contributed by atoms with van der Waals surface area (Å²) >= 11 is 0. The Morgan fingerprint density at radius 1 is 0.944 bits per heavy atom. The average molecular weight is 493 g/mol. The first-order valence-electron chi connectivity index (χ1n) is 11.8. The average Bonchev–Trinajstić information content (AvgIpc) is 3.25. The summed E-state index contributed by atoms with van der Waals surface area (Å²) in [4.78, 5) is 11.5. The lowest BCUT2D eigenvalue weighted by molar-refractivity contribution is -0.137. The van der Waals surface area contributed by atoms with Gasteiger partial charge in [0.25, 0.3) is 0 Å². The molecule has 1 aliphatic heterocycles. The van der Waals surface area contributed by atoms with Gasteiger partial charge in [0, 0.05) is 57.1 Å². The first kappa shape index (κ1) is 23.9. The SMILES string of the molecule is Cn1c(N2CCNCC2)nc(-c2cccc(C(F)(F)F)c2)c1-c1ccnc(NCc2ccccc2)c1. The summed E-state index contributed by atoms with van der Waals surface area (Å²) in [6.07, 6.45) is -2.73. The highest BCUT2D eigenvalue weighted by Crippen LogP contribution is 2.38. The highest BCUT2D eigenvalue weighted by Gasteiger charge is 2.31. The third kappa shape index (κ3) is 5.06. The van der Waals surface area contributed by atoms with Crippen molar-refractivity contribution in [3.8, 4) is 22.5 Å². The van der Waals surface area contributed by atoms with Crippen LogP contribution < -0.4 is 15.5 Å². The molecule has 0 unspecified atom stereocenters. The summed E-state index contributed by atoms with van der Waals surface area (Å²) in [5, 5.41) is 6.67. The van der Waals surface area contributed by atoms with Crippen LogP contribution in [0.5, 0.6) is 0 Å². The number of hydrogen-bond acceptors (Lipinski definition) is 5. The molecule has 0 bridgehead atoms. The molecular formula is C27H27F3N6. The zero-order chi connectivity index (χ0) is 25.1. The fourth-order valence-electron chi connectivity index (χ4n) is 4.47. The highest BCUT2D eigenvalue weighted by molar-refractivity contribution is 5.82. The number of nitrogens with zero attached hydrogens (tertiary/aromatic N) is 4. The Bertz CT molecular complexity index is 1330. The van der Waals surface area contributed by atoms with E-state index in [-0.39, 0.29) is 0 Å². The standard InChI is InChI=1S/C27H27F3N6/c1-35-25(21-10-11-32-23(17-21)33-18-19-6-3-2-4-7-19)24(34-26(35)36-14-12-31-13-15-36)20-8-5-9-22(16-20)27(28,29)30/h2-11,16-17,31H,12-15,18H2,1H3,(H,32,33). The smallest absolute Gasteiger partial charge is 0.366 e. The molecule has 0 spiro atoms. The maximum atomic E-state index is 13.5. The van der Waals surface area contributed by atoms with E-state index in [0.717, 1.165) is 55.0 Å². The summed E-state index contributed by atoms with van der Waals surface area (Å²) in [5.41, 5.74) is 2.93. The fourth-order valence-corrected chi connectivity index (χ4v) is 4.47. The minimum absolute atomic E-state index is 0.424. The molecule has 0 saturated carbocycles. The van der Waals surface area contributed by atoms with Crippen LogP contribution in [0, 0.1) is 0 Å². The van der Waals surface area contributed by atoms with Crippen LogP contribution in [0.3, 0.4) is 0 Å². The van der Waals surface area contributed by atoms with Crippen molar-refractivity contribution in [3.63, 3.8) is 0 Å². The summed E-state index contributed by atoms with van der Waals surface area (Å²) in [7, 11) is 1.91. The summed E-state index contributed by atoms with van der Waals surface area (Å²) in [6, 6.07) is 19.1. The van der Waals surface area contributed by atoms with Gasteiger partial charge in [-0.05, 0) is 29.8 Å². The number of imidazole rings is 1. The summed E-state index contributed by atoms with van der Waals surface area (Å²) in [6.45, 7) is 3.79. The van der Waals surface area contributed by atoms with E-state index >= 15 is 0 Å². The van der Waals surface area contributed by atoms with Crippen molar-refractivity contribution in [3.05, 3.63) is 84.1 Å². The summed E-state index contributed by atoms with van der Waals surface area (Å²) < 4.78 is 42.5. The molecule has 0 amide bonds. The van der Waals surface area contributed by atoms with Crippen LogP contribution in [-0.4, -0.2) is 40.7 Å². The predicted octanol–water partition coefficient (Wildman–Crippen LogP) is 5.19. The first-order chi connectivity index (χ1) is 17.4. The van der Waals surface area contributed by atoms with Crippen molar-refractivity contribution in [1.29, 1.82) is 0 Å². The van der Waals surface area contributed by atoms with Gasteiger partial charge in [-0.25, -0.2) is 9.97 Å². The van der Waals surface area contributed by atoms with E-state index in [4.69, 9.17) is 4.98 Å². The molecule has 1 saturated heterocycles. The van der Waals surface area contributed by atoms with Gasteiger partial charge in [-0.2, -0.15) is 13.2 Å². The van der Waals surface area contributed by atoms with E-state index in [1.54, 1.807) is 12.3 Å². The molecule has 9 heteroatoms. The fraction of sp³-hybridized carbons (Fsp3) is 0.259. The van der Waals surface area contributed by atoms with Gasteiger partial charge < -0.3 is 20.1 Å². The Morgan fingerprint density at radius 2 is 1.72 bits per heavy atom. The molecule has 2 aromatic carbocycles. The molecule has 5 rings (SSSR count). The van der Waals surface area contributed by atoms with Crippen molar-refractivity contribution in [2.24, 2.45) is 7.05 Å². The maximum absolute atomic E-state index is 13.5. The number of alkyl halides is 3. The van der Waals surface area contributed by atoms with Crippen LogP contribution in [0.25, 0.3) is 22.5 Å². The van der Waals surface area contributed by atoms with E-state index in [9.17, 15) is 13.2 Å². The molecule has 1 aliphatic rings. The number of hydrogen-bond donors (Lipinski definition) is 2. The Labute approximate surface area is 207 Å². The molecule has 6 nitrogen and oxygen atoms in total. The van der Waals surface area contributed by atoms with E-state index in [0.29, 0.717) is 23.6 Å². The van der Waals surface area contributed by atoms with Crippen molar-refractivity contribution in [2.45, 2.75) is 12.7 Å². The number of halogens is 3. The number of nitrogens with one attached hydrogen (secondary N) is 2. The normalized spacial score (nSPS) is 14.2. The molecule has 2 N–H and O–H groups in total. The van der Waals surface area contributed by atoms with Crippen molar-refractivity contribution in [2.75, 3.05) is 36.4 Å². The molecule has 1 fully saturated rings. The lowest BCUT2D eigenvalue weighted by Crippen LogP contribution is -2.44. The van der Waals surface area contributed by atoms with E-state index in [2.05, 4.69) is 20.5 Å². The van der Waals surface area contributed by atoms with Crippen LogP contribution in [0.15, 0.2) is 72.9 Å². The van der Waals surface area contributed by atoms with Gasteiger partial charge >= 0.3 is 6.18 Å². The zero-order valence-corrected chi connectivity index (χ0v) is 19.9. The molecular weight excluding hydrogens is 465 g/mol. The van der Waals surface area contributed by atoms with Crippen LogP contribution in [0.2, 0.25) is 0 Å². The second-order valence-electron chi connectivity index (χ2n) is 8.75. The number of piperazine rings is 1. The Balaban J connectivity index is 1.57. The second kappa shape index (κ2) is 10.0. The summed E-state index contributed by atoms with van der Waals surface area (Å²) in [5.74, 6) is 1.41. The molecule has 0 radical (unpaired) electrons. The lowest BCUT2D eigenvalue weighted by atomic mass is 10.0. The van der Waals surface area contributed by atoms with Crippen LogP contribution in [-0.2, 0) is 19.8 Å². The van der Waals surface area contributed by atoms with Crippen LogP contribution in [0.1, 0.15) is 11.1 Å². The van der Waals surface area contributed by atoms with Crippen molar-refractivity contribution >= 4 is 11.8 Å². The van der Waals surface area contributed by atoms with Gasteiger partial charge in [0.2, 0.25) is 5.95 Å². The first-order valence-corrected chi connectivity index (χ1v) is 11.8. The number of pyridine rings is 1. The molecule has 3 heterocycles. The number of aromatic nitrogens is 3. The van der Waals surface area contributed by atoms with Crippen molar-refractivity contribution < 1.29 is 13.2 Å². The Morgan fingerprint density at radius 3 is 2.47 bits per heavy atom. The molecule has 36 heavy (non-hydrogen) atoms. The third-order valence-electron chi connectivity index (χ3n) is 6.28. The van der Waals surface area contributed by atoms with E-state index in [1.807, 2.05) is 54.1 Å². The van der Waals surface area contributed by atoms with Crippen LogP contribution >= 0.6 is 0 Å². The minimum Gasteiger partial charge on any atom is -0.366 e. The topological polar surface area (TPSA) is 58.0 Å². The molecule has 186 valence electrons. The molecule has 4 aromatic rings. The Hall–Kier alpha value is -3.85. The molecule has 2 aromatic heterocycles. The molecule has 0 atom stereocenters. The second-order valence-corrected chi connectivity index (χ2v) is 8.75. The number of rotatable bonds is 6. The van der Waals surface area contributed by atoms with Gasteiger partial charge in [0.05, 0.1) is 17.0 Å². The largest absolute Gasteiger partial charge is 0.416 e. The van der Waals surface area contributed by atoms with Gasteiger partial charge in [0.15, 0.2) is 0 Å². The minimum atomic E-state index is -4.43. The van der Waals surface area contributed by atoms with Gasteiger partial charge in [-0.15, -0.1) is 0 Å². The predicted molar refractivity (Wildman–Crippen MR) is 136 cm³/mol. The Kier molecular flexibility index (Phi) is 6.65. The zero-order valence-electron chi connectivity index (χ0n) is 19.9. The highest BCUT2D eigenvalue weighted by atomic mass is 19.4. The number of benzene rings is 2. The van der Waals surface area contributed by atoms with Gasteiger partial charge in [0.1, 0.15) is 5.82 Å². The maximum Gasteiger partial charge on any atom is 0.416 e. The number of anilines is 2. The van der Waals surface area contributed by atoms with Crippen molar-refractivity contribution in [1.82, 2.24) is 19.9 Å². The quantitative estimate of drug-likeness (QED) is 0.388. The van der Waals surface area contributed by atoms with E-state index < -0.39 is 11.7 Å². The van der Waals surface area contributed by atoms with Crippen LogP contribution in [0.4, 0.5) is 24.9 Å². The monoisotopic (exact) mass is 492 g/mol. The lowest BCUT2D eigenvalue weighted by Gasteiger charge is -2.28. The molecule has 0 aliphatic carbocycles.